The monoisotopic (exact) mass is 449 g/mol. The Morgan fingerprint density at radius 1 is 1.12 bits per heavy atom. The minimum Gasteiger partial charge on any atom is -0.508 e. The molecule has 0 saturated carbocycles. The van der Waals surface area contributed by atoms with Crippen molar-refractivity contribution in [1.82, 2.24) is 20.8 Å². The number of carbonyl (C=O) groups excluding carboxylic acids is 1. The number of urea groups is 1. The van der Waals surface area contributed by atoms with E-state index in [4.69, 9.17) is 15.4 Å². The van der Waals surface area contributed by atoms with Crippen LogP contribution in [0, 0.1) is 5.92 Å². The van der Waals surface area contributed by atoms with Gasteiger partial charge in [-0.05, 0) is 30.0 Å². The lowest BCUT2D eigenvalue weighted by Gasteiger charge is -2.19. The summed E-state index contributed by atoms with van der Waals surface area (Å²) in [4.78, 5) is 39.3. The fraction of sp³-hybridized carbons (Fsp3) is 0.450. The van der Waals surface area contributed by atoms with Crippen molar-refractivity contribution in [2.75, 3.05) is 0 Å². The van der Waals surface area contributed by atoms with Crippen LogP contribution < -0.4 is 16.4 Å². The Morgan fingerprint density at radius 3 is 2.34 bits per heavy atom. The molecule has 2 rings (SSSR count). The largest absolute Gasteiger partial charge is 0.508 e. The van der Waals surface area contributed by atoms with E-state index in [-0.39, 0.29) is 42.6 Å². The average molecular weight is 449 g/mol. The predicted molar refractivity (Wildman–Crippen MR) is 111 cm³/mol. The number of nitrogens with zero attached hydrogens (tertiary/aromatic N) is 2. The number of rotatable bonds is 11. The van der Waals surface area contributed by atoms with Gasteiger partial charge in [0, 0.05) is 12.8 Å². The van der Waals surface area contributed by atoms with Gasteiger partial charge < -0.3 is 36.2 Å². The van der Waals surface area contributed by atoms with Crippen molar-refractivity contribution in [3.05, 3.63) is 41.5 Å². The molecule has 0 bridgehead atoms. The van der Waals surface area contributed by atoms with Gasteiger partial charge in [-0.25, -0.2) is 9.59 Å². The van der Waals surface area contributed by atoms with Gasteiger partial charge in [-0.2, -0.15) is 4.98 Å². The topological polar surface area (TPSA) is 201 Å². The molecule has 0 radical (unpaired) electrons. The maximum atomic E-state index is 12.5. The molecule has 12 nitrogen and oxygen atoms in total. The van der Waals surface area contributed by atoms with E-state index in [1.807, 2.05) is 13.8 Å². The van der Waals surface area contributed by atoms with Crippen molar-refractivity contribution < 1.29 is 34.2 Å². The van der Waals surface area contributed by atoms with Gasteiger partial charge >= 0.3 is 18.0 Å². The first kappa shape index (κ1) is 24.6. The third-order valence-electron chi connectivity index (χ3n) is 4.70. The highest BCUT2D eigenvalue weighted by molar-refractivity contribution is 5.83. The van der Waals surface area contributed by atoms with Gasteiger partial charge in [0.2, 0.25) is 5.89 Å². The zero-order valence-electron chi connectivity index (χ0n) is 17.7. The van der Waals surface area contributed by atoms with Crippen molar-refractivity contribution in [3.8, 4) is 5.75 Å². The number of phenols is 1. The molecule has 0 unspecified atom stereocenters. The Morgan fingerprint density at radius 2 is 1.78 bits per heavy atom. The van der Waals surface area contributed by atoms with Gasteiger partial charge in [-0.15, -0.1) is 0 Å². The molecule has 7 N–H and O–H groups in total. The number of aromatic nitrogens is 2. The molecule has 174 valence electrons. The second kappa shape index (κ2) is 11.1. The molecule has 0 aliphatic heterocycles. The summed E-state index contributed by atoms with van der Waals surface area (Å²) in [6.45, 7) is 3.74. The van der Waals surface area contributed by atoms with Crippen molar-refractivity contribution >= 4 is 18.0 Å². The number of aliphatic carboxylic acids is 2. The second-order valence-electron chi connectivity index (χ2n) is 7.62. The first-order valence-electron chi connectivity index (χ1n) is 9.95. The fourth-order valence-corrected chi connectivity index (χ4v) is 2.77. The quantitative estimate of drug-likeness (QED) is 0.290. The molecule has 0 spiro atoms. The van der Waals surface area contributed by atoms with E-state index < -0.39 is 36.1 Å². The third-order valence-corrected chi connectivity index (χ3v) is 4.70. The molecule has 0 fully saturated rings. The first-order valence-corrected chi connectivity index (χ1v) is 9.95. The average Bonchev–Trinajstić information content (AvgIpc) is 3.21. The predicted octanol–water partition coefficient (Wildman–Crippen LogP) is 1.33. The Bertz CT molecular complexity index is 929. The molecular weight excluding hydrogens is 422 g/mol. The van der Waals surface area contributed by atoms with E-state index in [0.29, 0.717) is 5.56 Å². The lowest BCUT2D eigenvalue weighted by atomic mass is 10.1. The van der Waals surface area contributed by atoms with Crippen LogP contribution in [0.25, 0.3) is 0 Å². The molecule has 32 heavy (non-hydrogen) atoms. The van der Waals surface area contributed by atoms with E-state index in [1.165, 1.54) is 12.1 Å². The molecule has 0 aliphatic rings. The van der Waals surface area contributed by atoms with Crippen LogP contribution in [0.2, 0.25) is 0 Å². The molecule has 1 aromatic heterocycles. The minimum absolute atomic E-state index is 0.0189. The van der Waals surface area contributed by atoms with Gasteiger partial charge in [-0.1, -0.05) is 31.1 Å². The molecular formula is C20H27N5O7. The van der Waals surface area contributed by atoms with Gasteiger partial charge in [0.1, 0.15) is 17.8 Å². The molecule has 1 aromatic carbocycles. The fourth-order valence-electron chi connectivity index (χ4n) is 2.77. The standard InChI is InChI=1S/C20H27N5O7/c1-10(2)16(21)17-24-18(32-25-17)13(7-8-15(27)28)22-20(31)23-14(19(29)30)9-11-3-5-12(26)6-4-11/h3-6,10,13-14,16,26H,7-9,21H2,1-2H3,(H,27,28)(H,29,30)(H2,22,23,31)/t13-,14+,16+/m1/s1. The minimum atomic E-state index is -1.27. The Labute approximate surface area is 183 Å². The lowest BCUT2D eigenvalue weighted by Crippen LogP contribution is -2.48. The van der Waals surface area contributed by atoms with Crippen LogP contribution in [0.1, 0.15) is 56.1 Å². The summed E-state index contributed by atoms with van der Waals surface area (Å²) in [5, 5.41) is 36.4. The van der Waals surface area contributed by atoms with E-state index in [0.717, 1.165) is 0 Å². The first-order chi connectivity index (χ1) is 15.1. The molecule has 3 atom stereocenters. The zero-order valence-corrected chi connectivity index (χ0v) is 17.7. The van der Waals surface area contributed by atoms with Crippen LogP contribution in [0.15, 0.2) is 28.8 Å². The molecule has 2 amide bonds. The molecule has 12 heteroatoms. The number of benzene rings is 1. The van der Waals surface area contributed by atoms with Crippen LogP contribution in [0.4, 0.5) is 4.79 Å². The SMILES string of the molecule is CC(C)[C@H](N)c1noc([C@@H](CCC(=O)O)NC(=O)N[C@@H](Cc2ccc(O)cc2)C(=O)O)n1. The van der Waals surface area contributed by atoms with Crippen molar-refractivity contribution in [1.29, 1.82) is 0 Å². The molecule has 0 saturated heterocycles. The number of phenolic OH excluding ortho intramolecular Hbond substituents is 1. The Kier molecular flexibility index (Phi) is 8.53. The highest BCUT2D eigenvalue weighted by Gasteiger charge is 2.27. The summed E-state index contributed by atoms with van der Waals surface area (Å²) in [7, 11) is 0. The van der Waals surface area contributed by atoms with Crippen LogP contribution in [-0.2, 0) is 16.0 Å². The van der Waals surface area contributed by atoms with Crippen molar-refractivity contribution in [2.45, 2.75) is 51.2 Å². The number of nitrogens with one attached hydrogen (secondary N) is 2. The van der Waals surface area contributed by atoms with Crippen molar-refractivity contribution in [3.63, 3.8) is 0 Å². The van der Waals surface area contributed by atoms with Gasteiger partial charge in [-0.3, -0.25) is 4.79 Å². The third kappa shape index (κ3) is 7.23. The second-order valence-corrected chi connectivity index (χ2v) is 7.62. The Hall–Kier alpha value is -3.67. The summed E-state index contributed by atoms with van der Waals surface area (Å²) >= 11 is 0. The van der Waals surface area contributed by atoms with Crippen LogP contribution in [0.3, 0.4) is 0 Å². The van der Waals surface area contributed by atoms with Crippen LogP contribution in [-0.4, -0.2) is 49.5 Å². The maximum Gasteiger partial charge on any atom is 0.326 e. The summed E-state index contributed by atoms with van der Waals surface area (Å²) in [5.74, 6) is -2.12. The number of aromatic hydroxyl groups is 1. The number of hydrogen-bond donors (Lipinski definition) is 6. The maximum absolute atomic E-state index is 12.5. The number of carbonyl (C=O) groups is 3. The van der Waals surface area contributed by atoms with Gasteiger partial charge in [0.15, 0.2) is 5.82 Å². The zero-order chi connectivity index (χ0) is 23.8. The molecule has 0 aliphatic carbocycles. The smallest absolute Gasteiger partial charge is 0.326 e. The summed E-state index contributed by atoms with van der Waals surface area (Å²) in [5.41, 5.74) is 6.58. The van der Waals surface area contributed by atoms with E-state index in [9.17, 15) is 24.6 Å². The summed E-state index contributed by atoms with van der Waals surface area (Å²) in [6.07, 6.45) is -0.386. The number of nitrogens with two attached hydrogens (primary N) is 1. The van der Waals surface area contributed by atoms with Crippen LogP contribution >= 0.6 is 0 Å². The van der Waals surface area contributed by atoms with E-state index in [1.54, 1.807) is 12.1 Å². The van der Waals surface area contributed by atoms with Crippen LogP contribution in [0.5, 0.6) is 5.75 Å². The molecule has 2 aromatic rings. The van der Waals surface area contributed by atoms with Gasteiger partial charge in [0.05, 0.1) is 6.04 Å². The Balaban J connectivity index is 2.11. The highest BCUT2D eigenvalue weighted by Crippen LogP contribution is 2.21. The van der Waals surface area contributed by atoms with Crippen molar-refractivity contribution in [2.24, 2.45) is 11.7 Å². The van der Waals surface area contributed by atoms with E-state index in [2.05, 4.69) is 20.8 Å². The summed E-state index contributed by atoms with van der Waals surface area (Å²) < 4.78 is 5.17. The normalized spacial score (nSPS) is 13.9. The highest BCUT2D eigenvalue weighted by atomic mass is 16.5. The number of carboxylic acids is 2. The lowest BCUT2D eigenvalue weighted by molar-refractivity contribution is -0.139. The van der Waals surface area contributed by atoms with Gasteiger partial charge in [0.25, 0.3) is 0 Å². The summed E-state index contributed by atoms with van der Waals surface area (Å²) in [6, 6.07) is 2.30. The number of hydrogen-bond acceptors (Lipinski definition) is 8. The molecule has 1 heterocycles. The number of amides is 2. The van der Waals surface area contributed by atoms with E-state index >= 15 is 0 Å². The number of carboxylic acid groups (broad SMARTS) is 2.